The Labute approximate surface area is 195 Å². The molecule has 1 atom stereocenters. The van der Waals surface area contributed by atoms with Gasteiger partial charge in [0.25, 0.3) is 0 Å². The number of thioether (sulfide) groups is 1. The van der Waals surface area contributed by atoms with Crippen LogP contribution in [0.2, 0.25) is 5.02 Å². The fourth-order valence-electron chi connectivity index (χ4n) is 3.18. The average Bonchev–Trinajstić information content (AvgIpc) is 2.74. The monoisotopic (exact) mass is 460 g/mol. The lowest BCUT2D eigenvalue weighted by atomic mass is 10.1. The first-order valence-corrected chi connectivity index (χ1v) is 12.3. The highest BCUT2D eigenvalue weighted by Crippen LogP contribution is 2.21. The minimum absolute atomic E-state index is 0.0522. The number of nitrogens with one attached hydrogen (secondary N) is 1. The summed E-state index contributed by atoms with van der Waals surface area (Å²) in [5.74, 6) is 1.25. The van der Waals surface area contributed by atoms with E-state index >= 15 is 0 Å². The van der Waals surface area contributed by atoms with Crippen molar-refractivity contribution in [3.05, 3.63) is 70.2 Å². The number of halogens is 1. The second-order valence-electron chi connectivity index (χ2n) is 8.15. The van der Waals surface area contributed by atoms with Crippen molar-refractivity contribution in [2.45, 2.75) is 52.5 Å². The van der Waals surface area contributed by atoms with Crippen LogP contribution < -0.4 is 5.32 Å². The van der Waals surface area contributed by atoms with Gasteiger partial charge in [-0.15, -0.1) is 11.8 Å². The molecule has 0 radical (unpaired) electrons. The SMILES string of the molecule is CCC(C(=O)NCC(C)C)N(Cc1ccccc1Cl)C(=O)CSCc1ccc(C)cc1. The number of carbonyl (C=O) groups excluding carboxylic acids is 2. The smallest absolute Gasteiger partial charge is 0.242 e. The van der Waals surface area contributed by atoms with Crippen LogP contribution in [0.15, 0.2) is 48.5 Å². The summed E-state index contributed by atoms with van der Waals surface area (Å²) in [5.41, 5.74) is 3.24. The van der Waals surface area contributed by atoms with Crippen molar-refractivity contribution in [1.29, 1.82) is 0 Å². The molecule has 168 valence electrons. The van der Waals surface area contributed by atoms with Crippen LogP contribution in [0, 0.1) is 12.8 Å². The molecule has 0 bridgehead atoms. The summed E-state index contributed by atoms with van der Waals surface area (Å²) in [7, 11) is 0. The van der Waals surface area contributed by atoms with Crippen LogP contribution in [-0.2, 0) is 21.9 Å². The van der Waals surface area contributed by atoms with E-state index in [1.54, 1.807) is 16.7 Å². The zero-order valence-corrected chi connectivity index (χ0v) is 20.4. The van der Waals surface area contributed by atoms with Crippen LogP contribution in [0.3, 0.4) is 0 Å². The summed E-state index contributed by atoms with van der Waals surface area (Å²) in [6.07, 6.45) is 0.544. The van der Waals surface area contributed by atoms with Gasteiger partial charge in [0, 0.05) is 23.9 Å². The van der Waals surface area contributed by atoms with Crippen molar-refractivity contribution in [1.82, 2.24) is 10.2 Å². The highest BCUT2D eigenvalue weighted by molar-refractivity contribution is 7.99. The number of amides is 2. The highest BCUT2D eigenvalue weighted by atomic mass is 35.5. The lowest BCUT2D eigenvalue weighted by Gasteiger charge is -2.31. The number of nitrogens with zero attached hydrogens (tertiary/aromatic N) is 1. The number of benzene rings is 2. The van der Waals surface area contributed by atoms with E-state index in [9.17, 15) is 9.59 Å². The standard InChI is InChI=1S/C25H33ClN2O2S/c1-5-23(25(30)27-14-18(2)3)28(15-21-8-6-7-9-22(21)26)24(29)17-31-16-20-12-10-19(4)11-13-20/h6-13,18,23H,5,14-17H2,1-4H3,(H,27,30). The van der Waals surface area contributed by atoms with Gasteiger partial charge in [-0.3, -0.25) is 9.59 Å². The first-order valence-electron chi connectivity index (χ1n) is 10.8. The van der Waals surface area contributed by atoms with Crippen molar-refractivity contribution in [2.75, 3.05) is 12.3 Å². The van der Waals surface area contributed by atoms with Crippen molar-refractivity contribution < 1.29 is 9.59 Å². The third kappa shape index (κ3) is 8.23. The Bertz CT molecular complexity index is 855. The molecule has 2 aromatic rings. The molecule has 31 heavy (non-hydrogen) atoms. The first-order chi connectivity index (χ1) is 14.8. The van der Waals surface area contributed by atoms with E-state index < -0.39 is 6.04 Å². The molecule has 4 nitrogen and oxygen atoms in total. The lowest BCUT2D eigenvalue weighted by molar-refractivity contribution is -0.139. The highest BCUT2D eigenvalue weighted by Gasteiger charge is 2.28. The molecule has 0 aliphatic heterocycles. The number of rotatable bonds is 11. The van der Waals surface area contributed by atoms with Gasteiger partial charge in [0.2, 0.25) is 11.8 Å². The predicted molar refractivity (Wildman–Crippen MR) is 131 cm³/mol. The minimum atomic E-state index is -0.525. The zero-order valence-electron chi connectivity index (χ0n) is 18.9. The summed E-state index contributed by atoms with van der Waals surface area (Å²) < 4.78 is 0. The number of aryl methyl sites for hydroxylation is 1. The van der Waals surface area contributed by atoms with Crippen LogP contribution in [-0.4, -0.2) is 35.1 Å². The topological polar surface area (TPSA) is 49.4 Å². The van der Waals surface area contributed by atoms with Gasteiger partial charge in [-0.2, -0.15) is 0 Å². The number of carbonyl (C=O) groups is 2. The summed E-state index contributed by atoms with van der Waals surface area (Å²) in [6.45, 7) is 9.00. The molecule has 0 aliphatic carbocycles. The summed E-state index contributed by atoms with van der Waals surface area (Å²) in [6, 6.07) is 15.3. The molecule has 2 rings (SSSR count). The summed E-state index contributed by atoms with van der Waals surface area (Å²) in [4.78, 5) is 27.8. The van der Waals surface area contributed by atoms with Crippen molar-refractivity contribution >= 4 is 35.2 Å². The number of hydrogen-bond donors (Lipinski definition) is 1. The quantitative estimate of drug-likeness (QED) is 0.484. The Morgan fingerprint density at radius 1 is 1.10 bits per heavy atom. The molecule has 2 amide bonds. The molecule has 0 saturated carbocycles. The predicted octanol–water partition coefficient (Wildman–Crippen LogP) is 5.46. The zero-order chi connectivity index (χ0) is 22.8. The van der Waals surface area contributed by atoms with E-state index in [-0.39, 0.29) is 11.8 Å². The van der Waals surface area contributed by atoms with E-state index in [4.69, 9.17) is 11.6 Å². The third-order valence-corrected chi connectivity index (χ3v) is 6.34. The molecule has 0 spiro atoms. The van der Waals surface area contributed by atoms with E-state index in [2.05, 4.69) is 50.4 Å². The maximum absolute atomic E-state index is 13.2. The van der Waals surface area contributed by atoms with Crippen molar-refractivity contribution in [2.24, 2.45) is 5.92 Å². The Morgan fingerprint density at radius 2 is 1.77 bits per heavy atom. The Hall–Kier alpha value is -1.98. The second kappa shape index (κ2) is 12.8. The summed E-state index contributed by atoms with van der Waals surface area (Å²) >= 11 is 7.92. The van der Waals surface area contributed by atoms with E-state index in [0.717, 1.165) is 11.3 Å². The number of hydrogen-bond acceptors (Lipinski definition) is 3. The molecule has 0 aliphatic rings. The van der Waals surface area contributed by atoms with Gasteiger partial charge in [-0.25, -0.2) is 0 Å². The maximum atomic E-state index is 13.2. The van der Waals surface area contributed by atoms with Gasteiger partial charge in [0.15, 0.2) is 0 Å². The minimum Gasteiger partial charge on any atom is -0.354 e. The molecule has 0 fully saturated rings. The average molecular weight is 461 g/mol. The molecule has 0 aromatic heterocycles. The third-order valence-electron chi connectivity index (χ3n) is 4.98. The van der Waals surface area contributed by atoms with Crippen molar-refractivity contribution in [3.8, 4) is 0 Å². The van der Waals surface area contributed by atoms with Crippen LogP contribution in [0.4, 0.5) is 0 Å². The van der Waals surface area contributed by atoms with Gasteiger partial charge >= 0.3 is 0 Å². The van der Waals surface area contributed by atoms with E-state index in [0.29, 0.717) is 36.2 Å². The van der Waals surface area contributed by atoms with Crippen LogP contribution in [0.5, 0.6) is 0 Å². The Morgan fingerprint density at radius 3 is 2.39 bits per heavy atom. The van der Waals surface area contributed by atoms with Crippen molar-refractivity contribution in [3.63, 3.8) is 0 Å². The van der Waals surface area contributed by atoms with Crippen LogP contribution in [0.25, 0.3) is 0 Å². The molecule has 0 saturated heterocycles. The van der Waals surface area contributed by atoms with Gasteiger partial charge in [0.1, 0.15) is 6.04 Å². The normalized spacial score (nSPS) is 11.9. The largest absolute Gasteiger partial charge is 0.354 e. The Kier molecular flexibility index (Phi) is 10.4. The fraction of sp³-hybridized carbons (Fsp3) is 0.440. The fourth-order valence-corrected chi connectivity index (χ4v) is 4.24. The molecule has 6 heteroatoms. The molecule has 0 heterocycles. The van der Waals surface area contributed by atoms with Crippen LogP contribution >= 0.6 is 23.4 Å². The van der Waals surface area contributed by atoms with Gasteiger partial charge in [0.05, 0.1) is 5.75 Å². The first kappa shape index (κ1) is 25.3. The summed E-state index contributed by atoms with van der Waals surface area (Å²) in [5, 5.41) is 3.59. The van der Waals surface area contributed by atoms with E-state index in [1.165, 1.54) is 11.1 Å². The molecular weight excluding hydrogens is 428 g/mol. The molecule has 2 aromatic carbocycles. The molecule has 1 unspecified atom stereocenters. The second-order valence-corrected chi connectivity index (χ2v) is 9.55. The lowest BCUT2D eigenvalue weighted by Crippen LogP contribution is -2.50. The molecule has 1 N–H and O–H groups in total. The van der Waals surface area contributed by atoms with E-state index in [1.807, 2.05) is 31.2 Å². The van der Waals surface area contributed by atoms with Gasteiger partial charge < -0.3 is 10.2 Å². The molecular formula is C25H33ClN2O2S. The maximum Gasteiger partial charge on any atom is 0.242 e. The Balaban J connectivity index is 2.12. The van der Waals surface area contributed by atoms with Gasteiger partial charge in [-0.1, -0.05) is 80.4 Å². The van der Waals surface area contributed by atoms with Crippen LogP contribution in [0.1, 0.15) is 43.9 Å². The van der Waals surface area contributed by atoms with Gasteiger partial charge in [-0.05, 0) is 36.5 Å².